The van der Waals surface area contributed by atoms with Crippen LogP contribution in [0.3, 0.4) is 0 Å². The minimum absolute atomic E-state index is 0.0325. The second-order valence-electron chi connectivity index (χ2n) is 9.27. The van der Waals surface area contributed by atoms with Crippen molar-refractivity contribution in [3.63, 3.8) is 0 Å². The number of hydrogen-bond donors (Lipinski definition) is 5. The smallest absolute Gasteiger partial charge is 0.275 e. The molecule has 35 heavy (non-hydrogen) atoms. The summed E-state index contributed by atoms with van der Waals surface area (Å²) in [6.07, 6.45) is 1.30. The van der Waals surface area contributed by atoms with Crippen LogP contribution in [-0.2, 0) is 16.1 Å². The van der Waals surface area contributed by atoms with Crippen LogP contribution in [0.1, 0.15) is 53.6 Å². The summed E-state index contributed by atoms with van der Waals surface area (Å²) in [5.74, 6) is -0.354. The number of hydrogen-bond acceptors (Lipinski definition) is 8. The van der Waals surface area contributed by atoms with Gasteiger partial charge in [-0.1, -0.05) is 35.0 Å². The number of amides is 2. The molecular weight excluding hydrogens is 450 g/mol. The Morgan fingerprint density at radius 1 is 1.26 bits per heavy atom. The second-order valence-corrected chi connectivity index (χ2v) is 9.27. The van der Waals surface area contributed by atoms with Crippen molar-refractivity contribution in [1.29, 1.82) is 0 Å². The van der Waals surface area contributed by atoms with Crippen molar-refractivity contribution in [2.45, 2.75) is 64.4 Å². The standard InChI is InChI=1S/C25H35N5O5/c1-16-4-6-20(7-5-16)14-27-23(33)21(13-19-8-10-26-11-9-19)28-25(15-31,18(3)32)29-24(34)22-12-17(2)35-30-22/h4-7,12,15,18-19,21,26,28,32H,8-11,13-14H2,1-3H3,(H,27,33)(H,29,34)/t18-,21+,25-/m1/s1. The third-order valence-corrected chi connectivity index (χ3v) is 6.37. The van der Waals surface area contributed by atoms with Gasteiger partial charge in [-0.25, -0.2) is 0 Å². The lowest BCUT2D eigenvalue weighted by atomic mass is 9.89. The Hall–Kier alpha value is -3.08. The van der Waals surface area contributed by atoms with Crippen LogP contribution < -0.4 is 21.3 Å². The zero-order valence-corrected chi connectivity index (χ0v) is 20.5. The van der Waals surface area contributed by atoms with Gasteiger partial charge in [0.05, 0.1) is 12.1 Å². The van der Waals surface area contributed by atoms with Crippen molar-refractivity contribution in [3.8, 4) is 0 Å². The number of aliphatic hydroxyl groups is 1. The van der Waals surface area contributed by atoms with Crippen LogP contribution in [0.2, 0.25) is 0 Å². The second kappa shape index (κ2) is 12.1. The zero-order valence-electron chi connectivity index (χ0n) is 20.5. The van der Waals surface area contributed by atoms with Gasteiger partial charge in [0.1, 0.15) is 5.76 Å². The Balaban J connectivity index is 1.79. The number of nitrogens with one attached hydrogen (secondary N) is 4. The first-order valence-corrected chi connectivity index (χ1v) is 11.9. The molecule has 2 heterocycles. The monoisotopic (exact) mass is 485 g/mol. The number of aliphatic hydroxyl groups excluding tert-OH is 1. The molecule has 0 radical (unpaired) electrons. The van der Waals surface area contributed by atoms with Crippen molar-refractivity contribution in [3.05, 3.63) is 52.9 Å². The summed E-state index contributed by atoms with van der Waals surface area (Å²) in [7, 11) is 0. The Labute approximate surface area is 205 Å². The molecule has 1 aliphatic rings. The lowest BCUT2D eigenvalue weighted by Crippen LogP contribution is -2.70. The Kier molecular flexibility index (Phi) is 9.13. The van der Waals surface area contributed by atoms with Crippen LogP contribution in [0, 0.1) is 19.8 Å². The molecule has 0 bridgehead atoms. The quantitative estimate of drug-likeness (QED) is 0.234. The summed E-state index contributed by atoms with van der Waals surface area (Å²) in [5.41, 5.74) is 0.130. The lowest BCUT2D eigenvalue weighted by Gasteiger charge is -2.37. The van der Waals surface area contributed by atoms with Gasteiger partial charge in [-0.15, -0.1) is 0 Å². The number of nitrogens with zero attached hydrogens (tertiary/aromatic N) is 1. The molecule has 10 heteroatoms. The van der Waals surface area contributed by atoms with E-state index in [-0.39, 0.29) is 17.5 Å². The molecule has 2 aromatic rings. The van der Waals surface area contributed by atoms with E-state index < -0.39 is 23.7 Å². The van der Waals surface area contributed by atoms with Crippen molar-refractivity contribution >= 4 is 18.1 Å². The van der Waals surface area contributed by atoms with Gasteiger partial charge >= 0.3 is 0 Å². The number of rotatable bonds is 11. The first-order valence-electron chi connectivity index (χ1n) is 11.9. The van der Waals surface area contributed by atoms with Gasteiger partial charge in [-0.05, 0) is 64.6 Å². The molecule has 0 saturated carbocycles. The van der Waals surface area contributed by atoms with Gasteiger partial charge in [0.2, 0.25) is 5.91 Å². The molecule has 1 saturated heterocycles. The molecule has 1 aliphatic heterocycles. The van der Waals surface area contributed by atoms with Gasteiger partial charge in [-0.3, -0.25) is 19.7 Å². The topological polar surface area (TPSA) is 146 Å². The highest BCUT2D eigenvalue weighted by Crippen LogP contribution is 2.20. The summed E-state index contributed by atoms with van der Waals surface area (Å²) in [4.78, 5) is 38.3. The van der Waals surface area contributed by atoms with E-state index in [0.717, 1.165) is 37.1 Å². The molecule has 3 rings (SSSR count). The van der Waals surface area contributed by atoms with Crippen LogP contribution in [0.15, 0.2) is 34.9 Å². The van der Waals surface area contributed by atoms with Crippen molar-refractivity contribution < 1.29 is 24.0 Å². The lowest BCUT2D eigenvalue weighted by molar-refractivity contribution is -0.127. The third kappa shape index (κ3) is 7.20. The molecule has 0 aliphatic carbocycles. The van der Waals surface area contributed by atoms with Gasteiger partial charge in [0, 0.05) is 12.6 Å². The predicted molar refractivity (Wildman–Crippen MR) is 129 cm³/mol. The Bertz CT molecular complexity index is 1000. The summed E-state index contributed by atoms with van der Waals surface area (Å²) in [6, 6.07) is 8.42. The van der Waals surface area contributed by atoms with E-state index in [2.05, 4.69) is 26.4 Å². The van der Waals surface area contributed by atoms with Crippen LogP contribution in [0.25, 0.3) is 0 Å². The number of aryl methyl sites for hydroxylation is 2. The largest absolute Gasteiger partial charge is 0.389 e. The first kappa shape index (κ1) is 26.5. The number of carbonyl (C=O) groups excluding carboxylic acids is 3. The molecule has 1 aromatic heterocycles. The van der Waals surface area contributed by atoms with Crippen molar-refractivity contribution in [2.75, 3.05) is 13.1 Å². The van der Waals surface area contributed by atoms with E-state index in [4.69, 9.17) is 4.52 Å². The van der Waals surface area contributed by atoms with E-state index in [1.807, 2.05) is 31.2 Å². The molecule has 3 atom stereocenters. The fourth-order valence-corrected chi connectivity index (χ4v) is 4.14. The minimum Gasteiger partial charge on any atom is -0.389 e. The molecule has 1 aromatic carbocycles. The van der Waals surface area contributed by atoms with Gasteiger partial charge in [-0.2, -0.15) is 0 Å². The van der Waals surface area contributed by atoms with E-state index in [1.54, 1.807) is 6.92 Å². The number of aldehydes is 1. The molecular formula is C25H35N5O5. The highest BCUT2D eigenvalue weighted by atomic mass is 16.5. The molecule has 0 unspecified atom stereocenters. The Morgan fingerprint density at radius 2 is 1.94 bits per heavy atom. The molecule has 190 valence electrons. The summed E-state index contributed by atoms with van der Waals surface area (Å²) in [5, 5.41) is 25.9. The fraction of sp³-hybridized carbons (Fsp3) is 0.520. The predicted octanol–water partition coefficient (Wildman–Crippen LogP) is 0.962. The molecule has 0 spiro atoms. The maximum atomic E-state index is 13.3. The average molecular weight is 486 g/mol. The van der Waals surface area contributed by atoms with Crippen LogP contribution in [-0.4, -0.2) is 59.3 Å². The molecule has 2 amide bonds. The number of benzene rings is 1. The zero-order chi connectivity index (χ0) is 25.4. The van der Waals surface area contributed by atoms with Crippen LogP contribution in [0.4, 0.5) is 0 Å². The van der Waals surface area contributed by atoms with E-state index in [1.165, 1.54) is 13.0 Å². The van der Waals surface area contributed by atoms with E-state index in [9.17, 15) is 19.5 Å². The summed E-state index contributed by atoms with van der Waals surface area (Å²) >= 11 is 0. The minimum atomic E-state index is -1.90. The highest BCUT2D eigenvalue weighted by molar-refractivity contribution is 5.95. The van der Waals surface area contributed by atoms with Gasteiger partial charge in [0.25, 0.3) is 5.91 Å². The maximum Gasteiger partial charge on any atom is 0.275 e. The van der Waals surface area contributed by atoms with Crippen LogP contribution in [0.5, 0.6) is 0 Å². The average Bonchev–Trinajstić information content (AvgIpc) is 3.29. The van der Waals surface area contributed by atoms with E-state index >= 15 is 0 Å². The van der Waals surface area contributed by atoms with E-state index in [0.29, 0.717) is 25.0 Å². The van der Waals surface area contributed by atoms with Gasteiger partial charge in [0.15, 0.2) is 17.6 Å². The normalized spacial score (nSPS) is 17.7. The first-order chi connectivity index (χ1) is 16.7. The maximum absolute atomic E-state index is 13.3. The SMILES string of the molecule is Cc1ccc(CNC(=O)[C@H](CC2CCNCC2)N[C@](C=O)(NC(=O)c2cc(C)on2)[C@@H](C)O)cc1. The third-order valence-electron chi connectivity index (χ3n) is 6.37. The number of piperidine rings is 1. The summed E-state index contributed by atoms with van der Waals surface area (Å²) < 4.78 is 4.94. The summed E-state index contributed by atoms with van der Waals surface area (Å²) in [6.45, 7) is 7.01. The Morgan fingerprint density at radius 3 is 2.51 bits per heavy atom. The number of carbonyl (C=O) groups is 3. The molecule has 10 nitrogen and oxygen atoms in total. The van der Waals surface area contributed by atoms with Gasteiger partial charge < -0.3 is 25.6 Å². The molecule has 5 N–H and O–H groups in total. The van der Waals surface area contributed by atoms with Crippen LogP contribution >= 0.6 is 0 Å². The molecule has 1 fully saturated rings. The van der Waals surface area contributed by atoms with Crippen molar-refractivity contribution in [1.82, 2.24) is 26.4 Å². The number of aromatic nitrogens is 1. The highest BCUT2D eigenvalue weighted by Gasteiger charge is 2.41. The van der Waals surface area contributed by atoms with Crippen molar-refractivity contribution in [2.24, 2.45) is 5.92 Å². The fourth-order valence-electron chi connectivity index (χ4n) is 4.14.